The Hall–Kier alpha value is -3.56. The molecule has 220 valence electrons. The number of carbonyl (C=O) groups excluding carboxylic acids is 3. The predicted octanol–water partition coefficient (Wildman–Crippen LogP) is 3.32. The lowest BCUT2D eigenvalue weighted by Crippen LogP contribution is -2.53. The van der Waals surface area contributed by atoms with Crippen molar-refractivity contribution in [2.24, 2.45) is 11.8 Å². The van der Waals surface area contributed by atoms with Crippen LogP contribution in [0.15, 0.2) is 78.9 Å². The molecule has 4 heterocycles. The maximum atomic E-state index is 14.5. The third-order valence-corrected chi connectivity index (χ3v) is 10.8. The van der Waals surface area contributed by atoms with E-state index in [0.717, 1.165) is 30.0 Å². The van der Waals surface area contributed by atoms with E-state index in [0.29, 0.717) is 19.6 Å². The first-order chi connectivity index (χ1) is 20.4. The fourth-order valence-electron chi connectivity index (χ4n) is 7.15. The van der Waals surface area contributed by atoms with Crippen LogP contribution in [0.2, 0.25) is 0 Å². The summed E-state index contributed by atoms with van der Waals surface area (Å²) in [7, 11) is 0. The van der Waals surface area contributed by atoms with E-state index in [1.807, 2.05) is 77.7 Å². The molecule has 6 rings (SSSR count). The number of nitrogens with zero attached hydrogens (tertiary/aromatic N) is 4. The van der Waals surface area contributed by atoms with Gasteiger partial charge in [0, 0.05) is 55.9 Å². The zero-order valence-corrected chi connectivity index (χ0v) is 25.0. The first-order valence-electron chi connectivity index (χ1n) is 14.9. The molecule has 8 nitrogen and oxygen atoms in total. The number of amides is 3. The van der Waals surface area contributed by atoms with Crippen LogP contribution in [-0.2, 0) is 20.9 Å². The van der Waals surface area contributed by atoms with E-state index in [1.165, 1.54) is 4.90 Å². The molecule has 2 saturated heterocycles. The van der Waals surface area contributed by atoms with Crippen LogP contribution in [0.3, 0.4) is 0 Å². The predicted molar refractivity (Wildman–Crippen MR) is 166 cm³/mol. The molecule has 4 aliphatic heterocycles. The van der Waals surface area contributed by atoms with E-state index < -0.39 is 22.6 Å². The van der Waals surface area contributed by atoms with Crippen LogP contribution in [0, 0.1) is 11.8 Å². The highest BCUT2D eigenvalue weighted by Gasteiger charge is 2.71. The average Bonchev–Trinajstić information content (AvgIpc) is 3.31. The van der Waals surface area contributed by atoms with Crippen molar-refractivity contribution in [2.75, 3.05) is 49.1 Å². The third-order valence-electron chi connectivity index (χ3n) is 9.09. The molecule has 2 aromatic carbocycles. The molecule has 42 heavy (non-hydrogen) atoms. The Labute approximate surface area is 251 Å². The summed E-state index contributed by atoms with van der Waals surface area (Å²) in [5, 5.41) is 9.75. The number of β-amino-alcohol motifs (C(OH)–C–C–N with tert-alkyl or cyclic N) is 1. The number of aliphatic hydroxyl groups excluding tert-OH is 1. The lowest BCUT2D eigenvalue weighted by Gasteiger charge is -2.35. The van der Waals surface area contributed by atoms with Gasteiger partial charge >= 0.3 is 0 Å². The van der Waals surface area contributed by atoms with Gasteiger partial charge in [0.15, 0.2) is 0 Å². The Morgan fingerprint density at radius 1 is 0.929 bits per heavy atom. The molecular weight excluding hydrogens is 548 g/mol. The number of fused-ring (bicyclic) bond motifs is 2. The lowest BCUT2D eigenvalue weighted by molar-refractivity contribution is -0.143. The normalized spacial score (nSPS) is 28.5. The molecule has 1 N–H and O–H groups in total. The Morgan fingerprint density at radius 3 is 2.36 bits per heavy atom. The quantitative estimate of drug-likeness (QED) is 0.478. The Bertz CT molecular complexity index is 1390. The fourth-order valence-corrected chi connectivity index (χ4v) is 9.15. The van der Waals surface area contributed by atoms with Gasteiger partial charge in [-0.3, -0.25) is 14.4 Å². The highest BCUT2D eigenvalue weighted by molar-refractivity contribution is 8.02. The van der Waals surface area contributed by atoms with Gasteiger partial charge in [-0.1, -0.05) is 54.6 Å². The van der Waals surface area contributed by atoms with Gasteiger partial charge in [0.2, 0.25) is 11.8 Å². The smallest absolute Gasteiger partial charge is 0.251 e. The Balaban J connectivity index is 1.35. The number of carbonyl (C=O) groups is 3. The summed E-state index contributed by atoms with van der Waals surface area (Å²) in [5.74, 6) is -1.75. The molecule has 2 fully saturated rings. The minimum Gasteiger partial charge on any atom is -0.395 e. The number of thioether (sulfide) groups is 1. The van der Waals surface area contributed by atoms with E-state index in [2.05, 4.69) is 24.8 Å². The van der Waals surface area contributed by atoms with Gasteiger partial charge in [-0.15, -0.1) is 11.8 Å². The minimum atomic E-state index is -0.898. The van der Waals surface area contributed by atoms with Crippen molar-refractivity contribution in [2.45, 2.75) is 36.4 Å². The number of rotatable bonds is 8. The average molecular weight is 587 g/mol. The molecule has 5 atom stereocenters. The fraction of sp³-hybridized carbons (Fsp3) is 0.424. The van der Waals surface area contributed by atoms with E-state index in [-0.39, 0.29) is 36.1 Å². The second-order valence-electron chi connectivity index (χ2n) is 11.3. The lowest BCUT2D eigenvalue weighted by atomic mass is 9.78. The number of hydrogen-bond donors (Lipinski definition) is 1. The van der Waals surface area contributed by atoms with Crippen molar-refractivity contribution in [3.05, 3.63) is 84.5 Å². The summed E-state index contributed by atoms with van der Waals surface area (Å²) in [6, 6.07) is 17.0. The third kappa shape index (κ3) is 4.63. The SMILES string of the molecule is CCN(CC)c1ccc(N2CC=C[C@]34S[C@H]5C=CCN(Cc6ccccc6)C(=O)[C@H]5[C@H]3C(=O)N(CCO)C4C2=O)cc1. The van der Waals surface area contributed by atoms with Crippen LogP contribution >= 0.6 is 11.8 Å². The van der Waals surface area contributed by atoms with Crippen molar-refractivity contribution in [3.63, 3.8) is 0 Å². The molecule has 0 aromatic heterocycles. The molecule has 3 amide bonds. The maximum Gasteiger partial charge on any atom is 0.251 e. The van der Waals surface area contributed by atoms with E-state index in [4.69, 9.17) is 0 Å². The summed E-state index contributed by atoms with van der Waals surface area (Å²) in [4.78, 5) is 50.2. The second kappa shape index (κ2) is 11.6. The number of hydrogen-bond acceptors (Lipinski definition) is 6. The van der Waals surface area contributed by atoms with Gasteiger partial charge in [-0.25, -0.2) is 0 Å². The van der Waals surface area contributed by atoms with Gasteiger partial charge < -0.3 is 24.7 Å². The number of likely N-dealkylation sites (tertiary alicyclic amines) is 1. The van der Waals surface area contributed by atoms with Crippen molar-refractivity contribution >= 4 is 40.9 Å². The molecule has 0 aliphatic carbocycles. The highest BCUT2D eigenvalue weighted by atomic mass is 32.2. The summed E-state index contributed by atoms with van der Waals surface area (Å²) >= 11 is 1.56. The van der Waals surface area contributed by atoms with Gasteiger partial charge in [0.05, 0.1) is 23.2 Å². The zero-order chi connectivity index (χ0) is 29.4. The molecule has 0 saturated carbocycles. The van der Waals surface area contributed by atoms with E-state index in [9.17, 15) is 19.5 Å². The summed E-state index contributed by atoms with van der Waals surface area (Å²) in [6.45, 7) is 7.11. The van der Waals surface area contributed by atoms with E-state index >= 15 is 0 Å². The van der Waals surface area contributed by atoms with Crippen molar-refractivity contribution < 1.29 is 19.5 Å². The number of benzene rings is 2. The molecule has 2 aromatic rings. The highest BCUT2D eigenvalue weighted by Crippen LogP contribution is 2.61. The minimum absolute atomic E-state index is 0.0474. The summed E-state index contributed by atoms with van der Waals surface area (Å²) in [6.07, 6.45) is 8.07. The van der Waals surface area contributed by atoms with Crippen molar-refractivity contribution in [3.8, 4) is 0 Å². The monoisotopic (exact) mass is 586 g/mol. The largest absolute Gasteiger partial charge is 0.395 e. The molecular formula is C33H38N4O4S. The van der Waals surface area contributed by atoms with Gasteiger partial charge in [0.25, 0.3) is 5.91 Å². The Morgan fingerprint density at radius 2 is 1.67 bits per heavy atom. The van der Waals surface area contributed by atoms with Gasteiger partial charge in [-0.05, 0) is 43.7 Å². The van der Waals surface area contributed by atoms with Crippen LogP contribution in [-0.4, -0.2) is 88.0 Å². The summed E-state index contributed by atoms with van der Waals surface area (Å²) in [5.41, 5.74) is 2.88. The second-order valence-corrected chi connectivity index (χ2v) is 12.8. The van der Waals surface area contributed by atoms with Crippen LogP contribution in [0.4, 0.5) is 11.4 Å². The van der Waals surface area contributed by atoms with Crippen LogP contribution in [0.1, 0.15) is 19.4 Å². The maximum absolute atomic E-state index is 14.5. The first-order valence-corrected chi connectivity index (χ1v) is 15.7. The zero-order valence-electron chi connectivity index (χ0n) is 24.1. The standard InChI is InChI=1S/C33H38N4O4S/c1-3-34(4-2)24-13-15-25(16-14-24)36-19-9-17-33-28(31(40)37(20-21-38)29(33)32(36)41)27-26(42-33)12-8-18-35(30(27)39)22-23-10-6-5-7-11-23/h5-17,26-29,38H,3-4,18-22H2,1-2H3/t26-,27+,28-,29?,33-/m0/s1. The topological polar surface area (TPSA) is 84.4 Å². The molecule has 0 bridgehead atoms. The molecule has 1 unspecified atom stereocenters. The van der Waals surface area contributed by atoms with E-state index in [1.54, 1.807) is 16.7 Å². The van der Waals surface area contributed by atoms with Crippen LogP contribution in [0.25, 0.3) is 0 Å². The van der Waals surface area contributed by atoms with Gasteiger partial charge in [0.1, 0.15) is 6.04 Å². The van der Waals surface area contributed by atoms with Crippen molar-refractivity contribution in [1.82, 2.24) is 9.80 Å². The van der Waals surface area contributed by atoms with Crippen molar-refractivity contribution in [1.29, 1.82) is 0 Å². The molecule has 9 heteroatoms. The van der Waals surface area contributed by atoms with Crippen LogP contribution in [0.5, 0.6) is 0 Å². The summed E-state index contributed by atoms with van der Waals surface area (Å²) < 4.78 is -0.898. The Kier molecular flexibility index (Phi) is 7.89. The molecule has 4 aliphatic rings. The number of aliphatic hydroxyl groups is 1. The molecule has 0 radical (unpaired) electrons. The van der Waals surface area contributed by atoms with Crippen LogP contribution < -0.4 is 9.80 Å². The first kappa shape index (κ1) is 28.6. The molecule has 1 spiro atoms. The van der Waals surface area contributed by atoms with Gasteiger partial charge in [-0.2, -0.15) is 0 Å². The number of anilines is 2.